The smallest absolute Gasteiger partial charge is 0.257 e. The van der Waals surface area contributed by atoms with E-state index >= 15 is 0 Å². The second-order valence-corrected chi connectivity index (χ2v) is 5.48. The third kappa shape index (κ3) is 3.08. The first-order valence-electron chi connectivity index (χ1n) is 5.62. The van der Waals surface area contributed by atoms with Gasteiger partial charge in [0.05, 0.1) is 21.3 Å². The summed E-state index contributed by atoms with van der Waals surface area (Å²) in [5.41, 5.74) is 0.529. The minimum absolute atomic E-state index is 0.0669. The maximum atomic E-state index is 13.3. The number of nitrogens with one attached hydrogen (secondary N) is 1. The lowest BCUT2D eigenvalue weighted by Crippen LogP contribution is -2.13. The molecule has 2 aromatic rings. The number of thioether (sulfide) groups is 1. The van der Waals surface area contributed by atoms with Crippen LogP contribution in [0.2, 0.25) is 10.0 Å². The quantitative estimate of drug-likeness (QED) is 0.793. The predicted molar refractivity (Wildman–Crippen MR) is 82.6 cm³/mol. The van der Waals surface area contributed by atoms with E-state index in [9.17, 15) is 9.18 Å². The topological polar surface area (TPSA) is 29.1 Å². The van der Waals surface area contributed by atoms with Crippen LogP contribution in [0.1, 0.15) is 10.4 Å². The molecule has 0 aliphatic carbocycles. The van der Waals surface area contributed by atoms with Crippen molar-refractivity contribution in [3.8, 4) is 0 Å². The third-order valence-electron chi connectivity index (χ3n) is 2.63. The van der Waals surface area contributed by atoms with Crippen LogP contribution in [0.3, 0.4) is 0 Å². The molecule has 6 heteroatoms. The van der Waals surface area contributed by atoms with Gasteiger partial charge in [-0.05, 0) is 30.5 Å². The normalized spacial score (nSPS) is 10.4. The maximum Gasteiger partial charge on any atom is 0.257 e. The average Bonchev–Trinajstić information content (AvgIpc) is 2.44. The molecule has 0 aliphatic rings. The van der Waals surface area contributed by atoms with E-state index < -0.39 is 11.7 Å². The molecule has 0 saturated heterocycles. The first-order valence-corrected chi connectivity index (χ1v) is 7.60. The number of carbonyl (C=O) groups excluding carboxylic acids is 1. The van der Waals surface area contributed by atoms with Crippen LogP contribution in [0.4, 0.5) is 10.1 Å². The number of anilines is 1. The summed E-state index contributed by atoms with van der Waals surface area (Å²) in [6.07, 6.45) is 1.89. The fourth-order valence-corrected chi connectivity index (χ4v) is 2.75. The van der Waals surface area contributed by atoms with Gasteiger partial charge in [0.1, 0.15) is 5.82 Å². The summed E-state index contributed by atoms with van der Waals surface area (Å²) in [6, 6.07) is 9.37. The van der Waals surface area contributed by atoms with E-state index in [0.29, 0.717) is 10.7 Å². The number of carbonyl (C=O) groups is 1. The van der Waals surface area contributed by atoms with Gasteiger partial charge in [-0.25, -0.2) is 4.39 Å². The van der Waals surface area contributed by atoms with Crippen molar-refractivity contribution in [3.05, 3.63) is 57.8 Å². The van der Waals surface area contributed by atoms with Gasteiger partial charge in [0.15, 0.2) is 0 Å². The van der Waals surface area contributed by atoms with Crippen LogP contribution >= 0.6 is 35.0 Å². The molecule has 0 radical (unpaired) electrons. The summed E-state index contributed by atoms with van der Waals surface area (Å²) >= 11 is 13.4. The SMILES string of the molecule is CSc1cccc(NC(=O)c2cccc(F)c2Cl)c1Cl. The fraction of sp³-hybridized carbons (Fsp3) is 0.0714. The van der Waals surface area contributed by atoms with Gasteiger partial charge >= 0.3 is 0 Å². The van der Waals surface area contributed by atoms with E-state index in [2.05, 4.69) is 5.32 Å². The molecule has 0 aliphatic heterocycles. The number of halogens is 3. The highest BCUT2D eigenvalue weighted by atomic mass is 35.5. The third-order valence-corrected chi connectivity index (χ3v) is 4.31. The Hall–Kier alpha value is -1.23. The highest BCUT2D eigenvalue weighted by Gasteiger charge is 2.15. The molecule has 0 saturated carbocycles. The molecule has 2 aromatic carbocycles. The van der Waals surface area contributed by atoms with Gasteiger partial charge in [-0.3, -0.25) is 4.79 Å². The van der Waals surface area contributed by atoms with Crippen LogP contribution in [-0.2, 0) is 0 Å². The van der Waals surface area contributed by atoms with Crippen LogP contribution < -0.4 is 5.32 Å². The van der Waals surface area contributed by atoms with Crippen molar-refractivity contribution in [3.63, 3.8) is 0 Å². The minimum Gasteiger partial charge on any atom is -0.321 e. The summed E-state index contributed by atoms with van der Waals surface area (Å²) in [4.78, 5) is 13.0. The monoisotopic (exact) mass is 329 g/mol. The molecule has 0 bridgehead atoms. The van der Waals surface area contributed by atoms with E-state index in [1.807, 2.05) is 12.3 Å². The van der Waals surface area contributed by atoms with Crippen molar-refractivity contribution in [1.82, 2.24) is 0 Å². The molecular weight excluding hydrogens is 320 g/mol. The lowest BCUT2D eigenvalue weighted by molar-refractivity contribution is 0.102. The molecule has 0 aromatic heterocycles. The number of rotatable bonds is 3. The molecule has 0 atom stereocenters. The highest BCUT2D eigenvalue weighted by Crippen LogP contribution is 2.32. The number of hydrogen-bond donors (Lipinski definition) is 1. The van der Waals surface area contributed by atoms with Crippen molar-refractivity contribution >= 4 is 46.6 Å². The Kier molecular flexibility index (Phi) is 4.91. The van der Waals surface area contributed by atoms with E-state index in [4.69, 9.17) is 23.2 Å². The van der Waals surface area contributed by atoms with E-state index in [1.54, 1.807) is 12.1 Å². The van der Waals surface area contributed by atoms with Crippen molar-refractivity contribution < 1.29 is 9.18 Å². The molecule has 0 spiro atoms. The summed E-state index contributed by atoms with van der Waals surface area (Å²) in [5.74, 6) is -1.14. The van der Waals surface area contributed by atoms with Gasteiger partial charge in [0.25, 0.3) is 5.91 Å². The Morgan fingerprint density at radius 3 is 2.55 bits per heavy atom. The van der Waals surface area contributed by atoms with Crippen molar-refractivity contribution in [2.75, 3.05) is 11.6 Å². The van der Waals surface area contributed by atoms with Crippen LogP contribution in [-0.4, -0.2) is 12.2 Å². The summed E-state index contributed by atoms with van der Waals surface area (Å²) in [7, 11) is 0. The number of benzene rings is 2. The van der Waals surface area contributed by atoms with Crippen LogP contribution in [0.15, 0.2) is 41.3 Å². The molecule has 0 fully saturated rings. The zero-order valence-electron chi connectivity index (χ0n) is 10.4. The first kappa shape index (κ1) is 15.2. The van der Waals surface area contributed by atoms with Gasteiger partial charge in [-0.1, -0.05) is 35.3 Å². The largest absolute Gasteiger partial charge is 0.321 e. The Labute approximate surface area is 130 Å². The molecule has 104 valence electrons. The zero-order chi connectivity index (χ0) is 14.7. The average molecular weight is 330 g/mol. The van der Waals surface area contributed by atoms with Gasteiger partial charge in [-0.2, -0.15) is 0 Å². The standard InChI is InChI=1S/C14H10Cl2FNOS/c1-20-11-7-3-6-10(13(11)16)18-14(19)8-4-2-5-9(17)12(8)15/h2-7H,1H3,(H,18,19). The highest BCUT2D eigenvalue weighted by molar-refractivity contribution is 7.98. The van der Waals surface area contributed by atoms with Crippen LogP contribution in [0.5, 0.6) is 0 Å². The lowest BCUT2D eigenvalue weighted by atomic mass is 10.2. The second-order valence-electron chi connectivity index (χ2n) is 3.88. The van der Waals surface area contributed by atoms with E-state index in [0.717, 1.165) is 4.90 Å². The molecular formula is C14H10Cl2FNOS. The van der Waals surface area contributed by atoms with E-state index in [1.165, 1.54) is 30.0 Å². The molecule has 2 nitrogen and oxygen atoms in total. The van der Waals surface area contributed by atoms with Crippen LogP contribution in [0.25, 0.3) is 0 Å². The predicted octanol–water partition coefficient (Wildman–Crippen LogP) is 5.11. The van der Waals surface area contributed by atoms with Crippen molar-refractivity contribution in [1.29, 1.82) is 0 Å². The molecule has 0 unspecified atom stereocenters. The van der Waals surface area contributed by atoms with Crippen molar-refractivity contribution in [2.45, 2.75) is 4.90 Å². The fourth-order valence-electron chi connectivity index (χ4n) is 1.63. The Morgan fingerprint density at radius 2 is 1.85 bits per heavy atom. The van der Waals surface area contributed by atoms with Crippen LogP contribution in [0, 0.1) is 5.82 Å². The van der Waals surface area contributed by atoms with Gasteiger partial charge < -0.3 is 5.32 Å². The first-order chi connectivity index (χ1) is 9.54. The van der Waals surface area contributed by atoms with Gasteiger partial charge in [0.2, 0.25) is 0 Å². The van der Waals surface area contributed by atoms with Crippen molar-refractivity contribution in [2.24, 2.45) is 0 Å². The molecule has 2 rings (SSSR count). The summed E-state index contributed by atoms with van der Waals surface area (Å²) < 4.78 is 13.3. The molecule has 20 heavy (non-hydrogen) atoms. The number of hydrogen-bond acceptors (Lipinski definition) is 2. The Bertz CT molecular complexity index is 664. The Balaban J connectivity index is 2.31. The summed E-state index contributed by atoms with van der Waals surface area (Å²) in [6.45, 7) is 0. The van der Waals surface area contributed by atoms with Gasteiger partial charge in [0, 0.05) is 4.90 Å². The maximum absolute atomic E-state index is 13.3. The Morgan fingerprint density at radius 1 is 1.15 bits per heavy atom. The lowest BCUT2D eigenvalue weighted by Gasteiger charge is -2.10. The zero-order valence-corrected chi connectivity index (χ0v) is 12.7. The number of amides is 1. The second kappa shape index (κ2) is 6.48. The summed E-state index contributed by atoms with van der Waals surface area (Å²) in [5, 5.41) is 2.87. The van der Waals surface area contributed by atoms with E-state index in [-0.39, 0.29) is 10.6 Å². The molecule has 0 heterocycles. The molecule has 1 amide bonds. The van der Waals surface area contributed by atoms with Gasteiger partial charge in [-0.15, -0.1) is 11.8 Å². The molecule has 1 N–H and O–H groups in total. The minimum atomic E-state index is -0.636.